The Morgan fingerprint density at radius 2 is 2.00 bits per heavy atom. The van der Waals surface area contributed by atoms with Crippen LogP contribution in [0.4, 0.5) is 0 Å². The zero-order valence-electron chi connectivity index (χ0n) is 10.5. The van der Waals surface area contributed by atoms with Crippen LogP contribution >= 0.6 is 0 Å². The highest BCUT2D eigenvalue weighted by molar-refractivity contribution is 5.90. The molecule has 0 aliphatic rings. The monoisotopic (exact) mass is 247 g/mol. The van der Waals surface area contributed by atoms with Crippen molar-refractivity contribution in [1.29, 1.82) is 0 Å². The molecule has 0 aliphatic carbocycles. The van der Waals surface area contributed by atoms with Gasteiger partial charge in [-0.2, -0.15) is 0 Å². The van der Waals surface area contributed by atoms with Crippen LogP contribution in [0.15, 0.2) is 30.6 Å². The zero-order chi connectivity index (χ0) is 13.3. The van der Waals surface area contributed by atoms with Gasteiger partial charge in [0.15, 0.2) is 0 Å². The lowest BCUT2D eigenvalue weighted by atomic mass is 10.1. The first-order valence-corrected chi connectivity index (χ1v) is 5.57. The van der Waals surface area contributed by atoms with Crippen molar-refractivity contribution in [3.63, 3.8) is 0 Å². The Kier molecular flexibility index (Phi) is 2.86. The molecular weight excluding hydrogens is 232 g/mol. The highest BCUT2D eigenvalue weighted by Crippen LogP contribution is 2.10. The van der Waals surface area contributed by atoms with Crippen molar-refractivity contribution in [3.8, 4) is 5.69 Å². The molecule has 0 spiro atoms. The van der Waals surface area contributed by atoms with Crippen LogP contribution in [0.3, 0.4) is 0 Å². The Hall–Kier alpha value is -2.24. The summed E-state index contributed by atoms with van der Waals surface area (Å²) >= 11 is 0. The molecule has 6 heteroatoms. The van der Waals surface area contributed by atoms with Crippen LogP contribution in [0.5, 0.6) is 0 Å². The maximum absolute atomic E-state index is 11.1. The third-order valence-electron chi connectivity index (χ3n) is 2.43. The summed E-state index contributed by atoms with van der Waals surface area (Å²) in [6, 6.07) is 6.69. The van der Waals surface area contributed by atoms with E-state index < -0.39 is 5.97 Å². The van der Waals surface area contributed by atoms with Crippen LogP contribution in [0.2, 0.25) is 0 Å². The fraction of sp³-hybridized carbons (Fsp3) is 0.333. The molecule has 1 aromatic heterocycles. The van der Waals surface area contributed by atoms with Gasteiger partial charge in [-0.05, 0) is 37.7 Å². The number of rotatable bonds is 2. The predicted molar refractivity (Wildman–Crippen MR) is 63.5 cm³/mol. The Bertz CT molecular complexity index is 584. The van der Waals surface area contributed by atoms with Gasteiger partial charge < -0.3 is 5.11 Å². The van der Waals surface area contributed by atoms with E-state index in [1.54, 1.807) is 29.1 Å². The minimum atomic E-state index is -0.983. The zero-order valence-corrected chi connectivity index (χ0v) is 10.5. The van der Waals surface area contributed by atoms with Gasteiger partial charge in [-0.1, -0.05) is 12.1 Å². The SMILES string of the molecule is CC(C)(C)n1nc[n+](-c2ccccc2C(=O)O)n1. The molecule has 1 N–H and O–H groups in total. The van der Waals surface area contributed by atoms with Gasteiger partial charge in [-0.3, -0.25) is 0 Å². The first kappa shape index (κ1) is 12.2. The fourth-order valence-corrected chi connectivity index (χ4v) is 1.51. The van der Waals surface area contributed by atoms with E-state index in [9.17, 15) is 4.79 Å². The van der Waals surface area contributed by atoms with Crippen LogP contribution in [-0.2, 0) is 5.54 Å². The average molecular weight is 247 g/mol. The summed E-state index contributed by atoms with van der Waals surface area (Å²) in [7, 11) is 0. The second kappa shape index (κ2) is 4.21. The minimum absolute atomic E-state index is 0.198. The number of hydrogen-bond acceptors (Lipinski definition) is 3. The molecule has 2 aromatic rings. The molecule has 0 bridgehead atoms. The molecule has 0 fully saturated rings. The molecule has 94 valence electrons. The number of para-hydroxylation sites is 1. The molecule has 0 unspecified atom stereocenters. The molecule has 2 rings (SSSR count). The second-order valence-corrected chi connectivity index (χ2v) is 4.95. The molecule has 0 aliphatic heterocycles. The lowest BCUT2D eigenvalue weighted by molar-refractivity contribution is -0.663. The van der Waals surface area contributed by atoms with Crippen molar-refractivity contribution >= 4 is 5.97 Å². The second-order valence-electron chi connectivity index (χ2n) is 4.95. The predicted octanol–water partition coefficient (Wildman–Crippen LogP) is 1.01. The highest BCUT2D eigenvalue weighted by atomic mass is 16.4. The number of hydrogen-bond donors (Lipinski definition) is 1. The van der Waals surface area contributed by atoms with Crippen molar-refractivity contribution in [2.24, 2.45) is 0 Å². The number of tetrazole rings is 1. The summed E-state index contributed by atoms with van der Waals surface area (Å²) in [6.07, 6.45) is 1.51. The van der Waals surface area contributed by atoms with Gasteiger partial charge in [0, 0.05) is 0 Å². The number of benzene rings is 1. The number of aromatic nitrogens is 4. The summed E-state index contributed by atoms with van der Waals surface area (Å²) in [5, 5.41) is 17.5. The van der Waals surface area contributed by atoms with E-state index in [1.807, 2.05) is 20.8 Å². The van der Waals surface area contributed by atoms with Gasteiger partial charge in [0.25, 0.3) is 6.33 Å². The molecule has 18 heavy (non-hydrogen) atoms. The van der Waals surface area contributed by atoms with Gasteiger partial charge >= 0.3 is 5.97 Å². The largest absolute Gasteiger partial charge is 0.478 e. The topological polar surface area (TPSA) is 71.9 Å². The quantitative estimate of drug-likeness (QED) is 0.804. The summed E-state index contributed by atoms with van der Waals surface area (Å²) in [4.78, 5) is 12.7. The van der Waals surface area contributed by atoms with E-state index in [-0.39, 0.29) is 11.1 Å². The molecule has 0 amide bonds. The number of nitrogens with zero attached hydrogens (tertiary/aromatic N) is 4. The number of carbonyl (C=O) groups is 1. The minimum Gasteiger partial charge on any atom is -0.478 e. The Morgan fingerprint density at radius 3 is 2.56 bits per heavy atom. The van der Waals surface area contributed by atoms with E-state index in [1.165, 1.54) is 11.0 Å². The normalized spacial score (nSPS) is 11.5. The van der Waals surface area contributed by atoms with Crippen LogP contribution in [0.1, 0.15) is 31.1 Å². The summed E-state index contributed by atoms with van der Waals surface area (Å²) in [5.74, 6) is -0.983. The van der Waals surface area contributed by atoms with Crippen molar-refractivity contribution < 1.29 is 14.6 Å². The molecule has 1 heterocycles. The molecule has 0 saturated heterocycles. The molecule has 0 atom stereocenters. The molecular formula is C12H15N4O2+. The fourth-order valence-electron chi connectivity index (χ4n) is 1.51. The van der Waals surface area contributed by atoms with Crippen LogP contribution in [0.25, 0.3) is 5.69 Å². The average Bonchev–Trinajstić information content (AvgIpc) is 2.77. The smallest absolute Gasteiger partial charge is 0.339 e. The lowest BCUT2D eigenvalue weighted by Crippen LogP contribution is -2.37. The van der Waals surface area contributed by atoms with Gasteiger partial charge in [-0.25, -0.2) is 4.79 Å². The number of carboxylic acid groups (broad SMARTS) is 1. The first-order valence-electron chi connectivity index (χ1n) is 5.57. The van der Waals surface area contributed by atoms with E-state index in [0.717, 1.165) is 0 Å². The third kappa shape index (κ3) is 2.22. The van der Waals surface area contributed by atoms with Crippen LogP contribution in [-0.4, -0.2) is 26.2 Å². The summed E-state index contributed by atoms with van der Waals surface area (Å²) < 4.78 is 1.47. The maximum atomic E-state index is 11.1. The van der Waals surface area contributed by atoms with Gasteiger partial charge in [0.05, 0.1) is 10.3 Å². The van der Waals surface area contributed by atoms with Crippen molar-refractivity contribution in [1.82, 2.24) is 15.1 Å². The number of aromatic carboxylic acids is 1. The van der Waals surface area contributed by atoms with E-state index >= 15 is 0 Å². The number of carboxylic acids is 1. The van der Waals surface area contributed by atoms with Crippen LogP contribution < -0.4 is 4.68 Å². The van der Waals surface area contributed by atoms with Crippen molar-refractivity contribution in [2.45, 2.75) is 26.3 Å². The van der Waals surface area contributed by atoms with E-state index in [2.05, 4.69) is 10.3 Å². The summed E-state index contributed by atoms with van der Waals surface area (Å²) in [6.45, 7) is 5.92. The molecule has 6 nitrogen and oxygen atoms in total. The van der Waals surface area contributed by atoms with Gasteiger partial charge in [-0.15, -0.1) is 4.68 Å². The lowest BCUT2D eigenvalue weighted by Gasteiger charge is -2.08. The maximum Gasteiger partial charge on any atom is 0.339 e. The molecule has 1 aromatic carbocycles. The standard InChI is InChI=1S/C12H14N4O2/c1-12(2,3)16-13-8-15(14-16)10-7-5-4-6-9(10)11(17)18/h4-8H,1-3H3/p+1. The Morgan fingerprint density at radius 1 is 1.33 bits per heavy atom. The van der Waals surface area contributed by atoms with Crippen molar-refractivity contribution in [3.05, 3.63) is 36.2 Å². The van der Waals surface area contributed by atoms with Gasteiger partial charge in [0.1, 0.15) is 16.8 Å². The van der Waals surface area contributed by atoms with E-state index in [0.29, 0.717) is 5.69 Å². The highest BCUT2D eigenvalue weighted by Gasteiger charge is 2.25. The Balaban J connectivity index is 2.50. The molecule has 0 saturated carbocycles. The van der Waals surface area contributed by atoms with E-state index in [4.69, 9.17) is 5.11 Å². The Labute approximate surface area is 104 Å². The van der Waals surface area contributed by atoms with Gasteiger partial charge in [0.2, 0.25) is 0 Å². The van der Waals surface area contributed by atoms with Crippen LogP contribution in [0, 0.1) is 0 Å². The van der Waals surface area contributed by atoms with Crippen molar-refractivity contribution in [2.75, 3.05) is 0 Å². The first-order chi connectivity index (χ1) is 8.39. The molecule has 0 radical (unpaired) electrons. The third-order valence-corrected chi connectivity index (χ3v) is 2.43. The summed E-state index contributed by atoms with van der Waals surface area (Å²) in [5.41, 5.74) is 0.452.